The zero-order chi connectivity index (χ0) is 19.5. The highest BCUT2D eigenvalue weighted by atomic mass is 79.9. The summed E-state index contributed by atoms with van der Waals surface area (Å²) in [5, 5.41) is 0. The van der Waals surface area contributed by atoms with Crippen molar-refractivity contribution in [1.29, 1.82) is 0 Å². The number of amides is 1. The van der Waals surface area contributed by atoms with Gasteiger partial charge in [-0.25, -0.2) is 0 Å². The fourth-order valence-electron chi connectivity index (χ4n) is 2.14. The number of ketones is 1. The van der Waals surface area contributed by atoms with Crippen molar-refractivity contribution in [3.63, 3.8) is 0 Å². The highest BCUT2D eigenvalue weighted by Gasteiger charge is 2.17. The van der Waals surface area contributed by atoms with Gasteiger partial charge in [0.25, 0.3) is 5.91 Å². The molecular weight excluding hydrogens is 402 g/mol. The first-order valence-corrected chi connectivity index (χ1v) is 8.74. The Morgan fingerprint density at radius 3 is 2.38 bits per heavy atom. The molecule has 0 saturated carbocycles. The van der Waals surface area contributed by atoms with Crippen LogP contribution in [0.25, 0.3) is 0 Å². The average molecular weight is 424 g/mol. The number of carbonyl (C=O) groups is 3. The van der Waals surface area contributed by atoms with Crippen molar-refractivity contribution < 1.29 is 23.9 Å². The van der Waals surface area contributed by atoms with E-state index in [1.165, 1.54) is 12.0 Å². The minimum Gasteiger partial charge on any atom is -0.496 e. The Bertz CT molecular complexity index is 677. The van der Waals surface area contributed by atoms with Crippen molar-refractivity contribution >= 4 is 33.6 Å². The zero-order valence-electron chi connectivity index (χ0n) is 14.7. The maximum atomic E-state index is 12.3. The van der Waals surface area contributed by atoms with Crippen LogP contribution in [0.4, 0.5) is 0 Å². The number of hydrogen-bond acceptors (Lipinski definition) is 5. The van der Waals surface area contributed by atoms with Crippen LogP contribution >= 0.6 is 15.9 Å². The van der Waals surface area contributed by atoms with Crippen molar-refractivity contribution in [2.24, 2.45) is 0 Å². The van der Waals surface area contributed by atoms with Crippen molar-refractivity contribution in [3.8, 4) is 5.75 Å². The van der Waals surface area contributed by atoms with Gasteiger partial charge < -0.3 is 14.4 Å². The van der Waals surface area contributed by atoms with Crippen LogP contribution in [-0.4, -0.2) is 49.4 Å². The third-order valence-electron chi connectivity index (χ3n) is 3.43. The normalized spacial score (nSPS) is 9.92. The lowest BCUT2D eigenvalue weighted by molar-refractivity contribution is -0.151. The topological polar surface area (TPSA) is 72.9 Å². The van der Waals surface area contributed by atoms with Gasteiger partial charge in [-0.1, -0.05) is 28.1 Å². The summed E-state index contributed by atoms with van der Waals surface area (Å²) in [5.41, 5.74) is 0.383. The summed E-state index contributed by atoms with van der Waals surface area (Å²) in [5.74, 6) is -0.770. The molecule has 7 heteroatoms. The van der Waals surface area contributed by atoms with Crippen LogP contribution in [0.15, 0.2) is 48.0 Å². The van der Waals surface area contributed by atoms with E-state index in [2.05, 4.69) is 29.1 Å². The van der Waals surface area contributed by atoms with Gasteiger partial charge in [0, 0.05) is 24.0 Å². The lowest BCUT2D eigenvalue weighted by Gasteiger charge is -2.18. The summed E-state index contributed by atoms with van der Waals surface area (Å²) in [7, 11) is 1.47. The van der Waals surface area contributed by atoms with Crippen LogP contribution in [0.5, 0.6) is 5.75 Å². The Morgan fingerprint density at radius 1 is 1.15 bits per heavy atom. The first-order valence-electron chi connectivity index (χ1n) is 7.94. The van der Waals surface area contributed by atoms with Gasteiger partial charge in [0.05, 0.1) is 19.1 Å². The third-order valence-corrected chi connectivity index (χ3v) is 3.92. The van der Waals surface area contributed by atoms with E-state index in [0.717, 1.165) is 4.47 Å². The Morgan fingerprint density at radius 2 is 1.81 bits per heavy atom. The predicted octanol–water partition coefficient (Wildman–Crippen LogP) is 3.16. The molecule has 6 nitrogen and oxygen atoms in total. The second kappa shape index (κ2) is 11.3. The van der Waals surface area contributed by atoms with Gasteiger partial charge in [-0.2, -0.15) is 0 Å². The molecule has 0 fully saturated rings. The van der Waals surface area contributed by atoms with E-state index in [1.807, 2.05) is 0 Å². The molecule has 1 rings (SSSR count). The summed E-state index contributed by atoms with van der Waals surface area (Å²) < 4.78 is 10.8. The van der Waals surface area contributed by atoms with Crippen molar-refractivity contribution in [2.75, 3.05) is 26.8 Å². The Balaban J connectivity index is 2.52. The summed E-state index contributed by atoms with van der Waals surface area (Å²) in [6.07, 6.45) is 2.99. The van der Waals surface area contributed by atoms with E-state index >= 15 is 0 Å². The first kappa shape index (κ1) is 21.6. The quantitative estimate of drug-likeness (QED) is 0.310. The molecule has 1 aromatic rings. The van der Waals surface area contributed by atoms with Gasteiger partial charge >= 0.3 is 5.97 Å². The highest BCUT2D eigenvalue weighted by molar-refractivity contribution is 9.10. The number of benzene rings is 1. The molecule has 0 radical (unpaired) electrons. The van der Waals surface area contributed by atoms with Crippen LogP contribution in [0.1, 0.15) is 23.2 Å². The Labute approximate surface area is 161 Å². The number of hydrogen-bond donors (Lipinski definition) is 0. The number of halogens is 1. The molecule has 0 aromatic heterocycles. The van der Waals surface area contributed by atoms with Crippen LogP contribution in [0, 0.1) is 0 Å². The van der Waals surface area contributed by atoms with Gasteiger partial charge in [0.2, 0.25) is 0 Å². The number of methoxy groups -OCH3 is 1. The lowest BCUT2D eigenvalue weighted by Crippen LogP contribution is -2.35. The first-order chi connectivity index (χ1) is 12.4. The molecule has 0 aliphatic rings. The predicted molar refractivity (Wildman–Crippen MR) is 102 cm³/mol. The van der Waals surface area contributed by atoms with Gasteiger partial charge in [-0.15, -0.1) is 13.2 Å². The van der Waals surface area contributed by atoms with Gasteiger partial charge in [-0.3, -0.25) is 14.4 Å². The van der Waals surface area contributed by atoms with E-state index in [-0.39, 0.29) is 31.1 Å². The van der Waals surface area contributed by atoms with E-state index in [0.29, 0.717) is 24.4 Å². The second-order valence-corrected chi connectivity index (χ2v) is 6.22. The standard InChI is InChI=1S/C19H22BrNO5/c1-4-10-21(11-5-2)18(23)13-26-19(24)9-7-16(22)15-12-14(20)6-8-17(15)25-3/h4-6,8,12H,1-2,7,9-11,13H2,3H3. The van der Waals surface area contributed by atoms with Crippen molar-refractivity contribution in [2.45, 2.75) is 12.8 Å². The lowest BCUT2D eigenvalue weighted by atomic mass is 10.1. The molecule has 0 atom stereocenters. The minimum absolute atomic E-state index is 0.0388. The van der Waals surface area contributed by atoms with Gasteiger partial charge in [0.1, 0.15) is 5.75 Å². The monoisotopic (exact) mass is 423 g/mol. The number of nitrogens with zero attached hydrogens (tertiary/aromatic N) is 1. The molecule has 26 heavy (non-hydrogen) atoms. The van der Waals surface area contributed by atoms with Crippen molar-refractivity contribution in [3.05, 3.63) is 53.5 Å². The molecular formula is C19H22BrNO5. The minimum atomic E-state index is -0.613. The molecule has 1 amide bonds. The highest BCUT2D eigenvalue weighted by Crippen LogP contribution is 2.24. The summed E-state index contributed by atoms with van der Waals surface area (Å²) in [4.78, 5) is 37.5. The molecule has 0 spiro atoms. The molecule has 140 valence electrons. The SMILES string of the molecule is C=CCN(CC=C)C(=O)COC(=O)CCC(=O)c1cc(Br)ccc1OC. The van der Waals surface area contributed by atoms with Crippen LogP contribution < -0.4 is 4.74 Å². The van der Waals surface area contributed by atoms with Crippen LogP contribution in [0.2, 0.25) is 0 Å². The fraction of sp³-hybridized carbons (Fsp3) is 0.316. The number of carbonyl (C=O) groups excluding carboxylic acids is 3. The van der Waals surface area contributed by atoms with E-state index < -0.39 is 5.97 Å². The van der Waals surface area contributed by atoms with E-state index in [9.17, 15) is 14.4 Å². The molecule has 0 N–H and O–H groups in total. The van der Waals surface area contributed by atoms with Crippen LogP contribution in [0.3, 0.4) is 0 Å². The summed E-state index contributed by atoms with van der Waals surface area (Å²) in [6, 6.07) is 5.06. The van der Waals surface area contributed by atoms with E-state index in [4.69, 9.17) is 9.47 Å². The number of esters is 1. The molecule has 0 aliphatic heterocycles. The number of ether oxygens (including phenoxy) is 2. The number of Topliss-reactive ketones (excluding diaryl/α,β-unsaturated/α-hetero) is 1. The maximum absolute atomic E-state index is 12.3. The van der Waals surface area contributed by atoms with Crippen LogP contribution in [-0.2, 0) is 14.3 Å². The van der Waals surface area contributed by atoms with Gasteiger partial charge in [-0.05, 0) is 18.2 Å². The smallest absolute Gasteiger partial charge is 0.306 e. The van der Waals surface area contributed by atoms with Gasteiger partial charge in [0.15, 0.2) is 12.4 Å². The second-order valence-electron chi connectivity index (χ2n) is 5.30. The van der Waals surface area contributed by atoms with Crippen molar-refractivity contribution in [1.82, 2.24) is 4.90 Å². The molecule has 0 heterocycles. The third kappa shape index (κ3) is 6.84. The molecule has 0 saturated heterocycles. The average Bonchev–Trinajstić information content (AvgIpc) is 2.63. The summed E-state index contributed by atoms with van der Waals surface area (Å²) in [6.45, 7) is 7.44. The number of rotatable bonds is 11. The Kier molecular flexibility index (Phi) is 9.36. The van der Waals surface area contributed by atoms with E-state index in [1.54, 1.807) is 30.4 Å². The molecule has 0 aliphatic carbocycles. The zero-order valence-corrected chi connectivity index (χ0v) is 16.3. The fourth-order valence-corrected chi connectivity index (χ4v) is 2.50. The molecule has 0 unspecified atom stereocenters. The largest absolute Gasteiger partial charge is 0.496 e. The molecule has 1 aromatic carbocycles. The summed E-state index contributed by atoms with van der Waals surface area (Å²) >= 11 is 3.30. The maximum Gasteiger partial charge on any atom is 0.306 e. The molecule has 0 bridgehead atoms. The Hall–Kier alpha value is -2.41.